The first-order valence-electron chi connectivity index (χ1n) is 6.97. The zero-order valence-corrected chi connectivity index (χ0v) is 13.8. The molecule has 3 N–H and O–H groups in total. The van der Waals surface area contributed by atoms with E-state index < -0.39 is 5.60 Å². The third-order valence-electron chi connectivity index (χ3n) is 3.79. The largest absolute Gasteiger partial charge is 0.495 e. The van der Waals surface area contributed by atoms with Crippen LogP contribution in [0.4, 0.5) is 5.69 Å². The molecular weight excluding hydrogens is 264 g/mol. The SMILES string of the molecule is CC(C)(C)C(C)(C)O.COc1cc2ncccc2cc1N. The van der Waals surface area contributed by atoms with Crippen LogP contribution in [0.3, 0.4) is 0 Å². The third-order valence-corrected chi connectivity index (χ3v) is 3.79. The molecule has 2 rings (SSSR count). The Hall–Kier alpha value is -1.81. The number of methoxy groups -OCH3 is 1. The number of aliphatic hydroxyl groups is 1. The van der Waals surface area contributed by atoms with Crippen LogP contribution in [0.2, 0.25) is 0 Å². The monoisotopic (exact) mass is 290 g/mol. The highest BCUT2D eigenvalue weighted by atomic mass is 16.5. The number of nitrogen functional groups attached to an aromatic ring is 1. The fourth-order valence-electron chi connectivity index (χ4n) is 1.30. The van der Waals surface area contributed by atoms with Crippen molar-refractivity contribution in [3.05, 3.63) is 30.5 Å². The van der Waals surface area contributed by atoms with Crippen LogP contribution in [-0.4, -0.2) is 22.8 Å². The number of fused-ring (bicyclic) bond motifs is 1. The summed E-state index contributed by atoms with van der Waals surface area (Å²) in [5.74, 6) is 0.672. The number of nitrogens with zero attached hydrogens (tertiary/aromatic N) is 1. The average Bonchev–Trinajstić information content (AvgIpc) is 2.36. The number of hydrogen-bond acceptors (Lipinski definition) is 4. The molecule has 0 fully saturated rings. The molecule has 0 aliphatic rings. The standard InChI is InChI=1S/C10H10N2O.C7H16O/c1-13-10-6-9-7(5-8(10)11)3-2-4-12-9;1-6(2,3)7(4,5)8/h2-6H,11H2,1H3;8H,1-5H3. The Balaban J connectivity index is 0.000000240. The van der Waals surface area contributed by atoms with E-state index in [4.69, 9.17) is 10.5 Å². The van der Waals surface area contributed by atoms with Gasteiger partial charge in [-0.3, -0.25) is 4.98 Å². The van der Waals surface area contributed by atoms with Gasteiger partial charge >= 0.3 is 0 Å². The van der Waals surface area contributed by atoms with E-state index in [1.54, 1.807) is 13.3 Å². The van der Waals surface area contributed by atoms with Gasteiger partial charge in [0.25, 0.3) is 0 Å². The number of ether oxygens (including phenoxy) is 1. The summed E-state index contributed by atoms with van der Waals surface area (Å²) in [7, 11) is 1.60. The summed E-state index contributed by atoms with van der Waals surface area (Å²) in [6, 6.07) is 7.55. The van der Waals surface area contributed by atoms with Crippen LogP contribution in [0.1, 0.15) is 34.6 Å². The van der Waals surface area contributed by atoms with E-state index in [2.05, 4.69) is 4.98 Å². The van der Waals surface area contributed by atoms with Gasteiger partial charge in [-0.05, 0) is 31.4 Å². The Morgan fingerprint density at radius 3 is 2.19 bits per heavy atom. The third kappa shape index (κ3) is 4.60. The van der Waals surface area contributed by atoms with E-state index in [-0.39, 0.29) is 5.41 Å². The van der Waals surface area contributed by atoms with E-state index in [9.17, 15) is 5.11 Å². The molecule has 0 atom stereocenters. The highest BCUT2D eigenvalue weighted by Crippen LogP contribution is 2.28. The second kappa shape index (κ2) is 6.31. The number of benzene rings is 1. The molecule has 21 heavy (non-hydrogen) atoms. The van der Waals surface area contributed by atoms with Gasteiger partial charge in [0, 0.05) is 17.6 Å². The predicted molar refractivity (Wildman–Crippen MR) is 88.5 cm³/mol. The second-order valence-corrected chi connectivity index (χ2v) is 6.60. The molecule has 0 amide bonds. The van der Waals surface area contributed by atoms with E-state index >= 15 is 0 Å². The number of hydrogen-bond donors (Lipinski definition) is 2. The maximum atomic E-state index is 9.35. The number of pyridine rings is 1. The predicted octanol–water partition coefficient (Wildman–Crippen LogP) is 3.63. The first-order chi connectivity index (χ1) is 9.56. The van der Waals surface area contributed by atoms with Crippen molar-refractivity contribution in [3.63, 3.8) is 0 Å². The van der Waals surface area contributed by atoms with Gasteiger partial charge in [-0.2, -0.15) is 0 Å². The molecule has 4 heteroatoms. The van der Waals surface area contributed by atoms with Crippen LogP contribution in [0.15, 0.2) is 30.5 Å². The minimum Gasteiger partial charge on any atom is -0.495 e. The van der Waals surface area contributed by atoms with Crippen molar-refractivity contribution >= 4 is 16.6 Å². The van der Waals surface area contributed by atoms with Crippen molar-refractivity contribution in [2.45, 2.75) is 40.2 Å². The summed E-state index contributed by atoms with van der Waals surface area (Å²) in [6.07, 6.45) is 1.75. The number of rotatable bonds is 1. The summed E-state index contributed by atoms with van der Waals surface area (Å²) in [6.45, 7) is 9.72. The Bertz CT molecular complexity index is 584. The molecule has 2 aromatic rings. The summed E-state index contributed by atoms with van der Waals surface area (Å²) in [5, 5.41) is 10.4. The molecule has 0 radical (unpaired) electrons. The molecular formula is C17H26N2O2. The molecule has 0 aliphatic carbocycles. The van der Waals surface area contributed by atoms with Gasteiger partial charge in [-0.1, -0.05) is 26.8 Å². The molecule has 1 heterocycles. The van der Waals surface area contributed by atoms with Crippen LogP contribution in [0.25, 0.3) is 10.9 Å². The lowest BCUT2D eigenvalue weighted by Gasteiger charge is -2.33. The van der Waals surface area contributed by atoms with E-state index in [0.717, 1.165) is 10.9 Å². The van der Waals surface area contributed by atoms with Crippen LogP contribution in [-0.2, 0) is 0 Å². The Labute approximate surface area is 127 Å². The molecule has 0 bridgehead atoms. The fraction of sp³-hybridized carbons (Fsp3) is 0.471. The zero-order chi connectivity index (χ0) is 16.3. The van der Waals surface area contributed by atoms with Gasteiger partial charge < -0.3 is 15.6 Å². The molecule has 1 aromatic heterocycles. The van der Waals surface area contributed by atoms with E-state index in [1.165, 1.54) is 0 Å². The van der Waals surface area contributed by atoms with Crippen molar-refractivity contribution in [2.75, 3.05) is 12.8 Å². The van der Waals surface area contributed by atoms with Gasteiger partial charge in [0.15, 0.2) is 0 Å². The Morgan fingerprint density at radius 2 is 1.71 bits per heavy atom. The summed E-state index contributed by atoms with van der Waals surface area (Å²) in [5.41, 5.74) is 6.71. The van der Waals surface area contributed by atoms with Gasteiger partial charge in [0.2, 0.25) is 0 Å². The topological polar surface area (TPSA) is 68.4 Å². The minimum atomic E-state index is -0.562. The van der Waals surface area contributed by atoms with Gasteiger partial charge in [0.05, 0.1) is 23.9 Å². The van der Waals surface area contributed by atoms with E-state index in [1.807, 2.05) is 58.9 Å². The highest BCUT2D eigenvalue weighted by molar-refractivity contribution is 5.84. The van der Waals surface area contributed by atoms with Crippen molar-refractivity contribution in [2.24, 2.45) is 5.41 Å². The van der Waals surface area contributed by atoms with Crippen molar-refractivity contribution in [1.82, 2.24) is 4.98 Å². The fourth-order valence-corrected chi connectivity index (χ4v) is 1.30. The van der Waals surface area contributed by atoms with Crippen molar-refractivity contribution < 1.29 is 9.84 Å². The van der Waals surface area contributed by atoms with Crippen LogP contribution >= 0.6 is 0 Å². The van der Waals surface area contributed by atoms with Crippen LogP contribution < -0.4 is 10.5 Å². The summed E-state index contributed by atoms with van der Waals surface area (Å²) >= 11 is 0. The summed E-state index contributed by atoms with van der Waals surface area (Å²) in [4.78, 5) is 4.20. The number of anilines is 1. The molecule has 0 saturated carbocycles. The van der Waals surface area contributed by atoms with Crippen LogP contribution in [0, 0.1) is 5.41 Å². The van der Waals surface area contributed by atoms with E-state index in [0.29, 0.717) is 11.4 Å². The normalized spacial score (nSPS) is 11.8. The molecule has 0 unspecified atom stereocenters. The van der Waals surface area contributed by atoms with Crippen LogP contribution in [0.5, 0.6) is 5.75 Å². The maximum Gasteiger partial charge on any atom is 0.143 e. The van der Waals surface area contributed by atoms with Gasteiger partial charge in [0.1, 0.15) is 5.75 Å². The first kappa shape index (κ1) is 17.2. The molecule has 0 spiro atoms. The molecule has 1 aromatic carbocycles. The summed E-state index contributed by atoms with van der Waals surface area (Å²) < 4.78 is 5.09. The van der Waals surface area contributed by atoms with Gasteiger partial charge in [-0.25, -0.2) is 0 Å². The average molecular weight is 290 g/mol. The molecule has 0 saturated heterocycles. The lowest BCUT2D eigenvalue weighted by molar-refractivity contribution is -0.0238. The molecule has 0 aliphatic heterocycles. The lowest BCUT2D eigenvalue weighted by atomic mass is 9.79. The van der Waals surface area contributed by atoms with Gasteiger partial charge in [-0.15, -0.1) is 0 Å². The van der Waals surface area contributed by atoms with Crippen molar-refractivity contribution in [1.29, 1.82) is 0 Å². The molecule has 116 valence electrons. The Morgan fingerprint density at radius 1 is 1.14 bits per heavy atom. The second-order valence-electron chi connectivity index (χ2n) is 6.60. The minimum absolute atomic E-state index is 0.00694. The number of nitrogens with two attached hydrogens (primary N) is 1. The lowest BCUT2D eigenvalue weighted by Crippen LogP contribution is -2.35. The number of aromatic nitrogens is 1. The smallest absolute Gasteiger partial charge is 0.143 e. The van der Waals surface area contributed by atoms with Crippen molar-refractivity contribution in [3.8, 4) is 5.75 Å². The highest BCUT2D eigenvalue weighted by Gasteiger charge is 2.29. The first-order valence-corrected chi connectivity index (χ1v) is 6.97. The molecule has 4 nitrogen and oxygen atoms in total. The quantitative estimate of drug-likeness (QED) is 0.787. The zero-order valence-electron chi connectivity index (χ0n) is 13.8. The maximum absolute atomic E-state index is 9.35. The Kier molecular flexibility index (Phi) is 5.18.